The summed E-state index contributed by atoms with van der Waals surface area (Å²) in [6.45, 7) is 1.77. The summed E-state index contributed by atoms with van der Waals surface area (Å²) in [6.07, 6.45) is -4.33. The van der Waals surface area contributed by atoms with Gasteiger partial charge in [-0.05, 0) is 92.9 Å². The van der Waals surface area contributed by atoms with Crippen LogP contribution in [-0.4, -0.2) is 16.1 Å². The van der Waals surface area contributed by atoms with E-state index in [-0.39, 0.29) is 42.2 Å². The summed E-state index contributed by atoms with van der Waals surface area (Å²) in [6, 6.07) is 48.4. The summed E-state index contributed by atoms with van der Waals surface area (Å²) in [5, 5.41) is 1.98. The van der Waals surface area contributed by atoms with Gasteiger partial charge in [0.1, 0.15) is 5.58 Å². The molecule has 0 bridgehead atoms. The van der Waals surface area contributed by atoms with Crippen molar-refractivity contribution in [3.63, 3.8) is 0 Å². The molecule has 10 rings (SSSR count). The zero-order chi connectivity index (χ0) is 50.2. The second-order valence-corrected chi connectivity index (χ2v) is 16.5. The molecule has 1 aliphatic rings. The van der Waals surface area contributed by atoms with Crippen LogP contribution in [0.4, 0.5) is 13.2 Å². The van der Waals surface area contributed by atoms with Crippen molar-refractivity contribution in [1.29, 1.82) is 0 Å². The number of rotatable bonds is 6. The number of pyridine rings is 2. The van der Waals surface area contributed by atoms with E-state index in [1.807, 2.05) is 54.6 Å². The van der Waals surface area contributed by atoms with Gasteiger partial charge in [0.25, 0.3) is 0 Å². The Morgan fingerprint density at radius 2 is 1.48 bits per heavy atom. The van der Waals surface area contributed by atoms with Crippen LogP contribution in [0.15, 0.2) is 156 Å². The molecule has 0 amide bonds. The van der Waals surface area contributed by atoms with Crippen LogP contribution < -0.4 is 0 Å². The number of furan rings is 1. The summed E-state index contributed by atoms with van der Waals surface area (Å²) >= 11 is 0. The Morgan fingerprint density at radius 1 is 0.698 bits per heavy atom. The topological polar surface area (TPSA) is 38.9 Å². The maximum Gasteiger partial charge on any atom is 0.394 e. The van der Waals surface area contributed by atoms with Gasteiger partial charge in [-0.15, -0.1) is 47.5 Å². The number of alkyl halides is 3. The molecular weight excluding hydrogens is 966 g/mol. The Labute approximate surface area is 391 Å². The second kappa shape index (κ2) is 16.9. The van der Waals surface area contributed by atoms with Crippen LogP contribution in [0.2, 0.25) is 0 Å². The van der Waals surface area contributed by atoms with E-state index in [1.165, 1.54) is 52.7 Å². The van der Waals surface area contributed by atoms with E-state index in [0.29, 0.717) is 33.7 Å². The molecule has 3 heterocycles. The van der Waals surface area contributed by atoms with Gasteiger partial charge in [-0.1, -0.05) is 148 Å². The molecule has 3 aromatic heterocycles. The number of aromatic nitrogens is 2. The van der Waals surface area contributed by atoms with Crippen molar-refractivity contribution in [1.82, 2.24) is 9.97 Å². The number of hydrogen-bond donors (Lipinski definition) is 0. The molecule has 0 atom stereocenters. The fourth-order valence-electron chi connectivity index (χ4n) is 8.10. The third-order valence-corrected chi connectivity index (χ3v) is 11.6. The number of halogens is 3. The maximum atomic E-state index is 13.6. The minimum Gasteiger partial charge on any atom is -0.501 e. The van der Waals surface area contributed by atoms with E-state index in [2.05, 4.69) is 72.3 Å². The van der Waals surface area contributed by atoms with Crippen LogP contribution in [0.25, 0.3) is 77.8 Å². The molecular formula is C56H45F3IrN2O-2. The van der Waals surface area contributed by atoms with Gasteiger partial charge in [0.15, 0.2) is 0 Å². The van der Waals surface area contributed by atoms with Gasteiger partial charge < -0.3 is 14.4 Å². The van der Waals surface area contributed by atoms with Crippen molar-refractivity contribution in [3.05, 3.63) is 192 Å². The molecule has 0 saturated carbocycles. The first kappa shape index (κ1) is 34.4. The third kappa shape index (κ3) is 8.28. The number of hydrogen-bond acceptors (Lipinski definition) is 3. The molecule has 1 aliphatic carbocycles. The molecule has 7 heteroatoms. The quantitative estimate of drug-likeness (QED) is 0.156. The smallest absolute Gasteiger partial charge is 0.394 e. The van der Waals surface area contributed by atoms with Crippen molar-refractivity contribution in [2.24, 2.45) is 5.41 Å². The summed E-state index contributed by atoms with van der Waals surface area (Å²) in [5.41, 5.74) is 9.45. The molecule has 3 nitrogen and oxygen atoms in total. The van der Waals surface area contributed by atoms with E-state index < -0.39 is 31.7 Å². The minimum atomic E-state index is -4.70. The molecule has 6 aromatic carbocycles. The second-order valence-electron chi connectivity index (χ2n) is 16.5. The standard InChI is InChI=1S/C37H29F3NO.C19H16N.Ir/c1-35(2,37(38,39)40)21-22-12-14-23(15-13-22)24-16-17-41-32(18-24)27-10-7-9-26-29-19-28-25-8-5-6-11-30(25)36(3,4)31(28)20-33(29)42-34(26)27;1-14-8-11-19(20-13-14)17-10-9-15(2)18(12-17)16-6-4-3-5-7-16;/h5-9,11-20H,21H2,1-4H3;3-9,11-13H,1-2H3;/q2*-1;/i21D2;1D3,2D3;. The van der Waals surface area contributed by atoms with Crippen molar-refractivity contribution in [2.45, 2.75) is 59.4 Å². The zero-order valence-corrected chi connectivity index (χ0v) is 37.1. The summed E-state index contributed by atoms with van der Waals surface area (Å²) in [5.74, 6) is 0. The van der Waals surface area contributed by atoms with E-state index >= 15 is 0 Å². The Morgan fingerprint density at radius 3 is 2.21 bits per heavy atom. The van der Waals surface area contributed by atoms with Crippen LogP contribution in [-0.2, 0) is 31.9 Å². The SMILES string of the molecule is [2H]C([2H])([2H])c1ccc(-c2[c-]cc(C([2H])([2H])[2H])c(-c3ccccc3)c2)nc1.[2H]C([2H])(c1ccc(-c2ccnc(-c3[c-]ccc4c3oc3cc5c(cc34)-c3ccccc3C5(C)C)c2)cc1)C(C)(C)C(F)(F)F.[Ir]. The molecule has 1 radical (unpaired) electrons. The third-order valence-electron chi connectivity index (χ3n) is 11.6. The number of nitrogens with zero attached hydrogens (tertiary/aromatic N) is 2. The van der Waals surface area contributed by atoms with E-state index in [0.717, 1.165) is 46.9 Å². The monoisotopic (exact) mass is 1020 g/mol. The molecule has 63 heavy (non-hydrogen) atoms. The molecule has 0 spiro atoms. The summed E-state index contributed by atoms with van der Waals surface area (Å²) < 4.78 is 110. The predicted molar refractivity (Wildman–Crippen MR) is 246 cm³/mol. The van der Waals surface area contributed by atoms with Crippen molar-refractivity contribution in [2.75, 3.05) is 0 Å². The molecule has 9 aromatic rings. The summed E-state index contributed by atoms with van der Waals surface area (Å²) in [7, 11) is 0. The maximum absolute atomic E-state index is 13.6. The first-order valence-electron chi connectivity index (χ1n) is 24.1. The van der Waals surface area contributed by atoms with Crippen LogP contribution >= 0.6 is 0 Å². The normalized spacial score (nSPS) is 15.4. The van der Waals surface area contributed by atoms with Crippen molar-refractivity contribution < 1.29 is 48.7 Å². The van der Waals surface area contributed by atoms with Crippen LogP contribution in [0.5, 0.6) is 0 Å². The Balaban J connectivity index is 0.000000214. The predicted octanol–water partition coefficient (Wildman–Crippen LogP) is 15.4. The van der Waals surface area contributed by atoms with E-state index in [4.69, 9.17) is 15.4 Å². The van der Waals surface area contributed by atoms with Crippen LogP contribution in [0.1, 0.15) is 66.5 Å². The molecule has 0 aliphatic heterocycles. The number of aryl methyl sites for hydroxylation is 2. The van der Waals surface area contributed by atoms with E-state index in [1.54, 1.807) is 30.5 Å². The molecule has 0 saturated heterocycles. The molecule has 0 fully saturated rings. The number of fused-ring (bicyclic) bond motifs is 6. The first-order chi connectivity index (χ1) is 32.9. The molecule has 0 N–H and O–H groups in total. The summed E-state index contributed by atoms with van der Waals surface area (Å²) in [4.78, 5) is 8.82. The van der Waals surface area contributed by atoms with Gasteiger partial charge in [-0.2, -0.15) is 13.2 Å². The van der Waals surface area contributed by atoms with Gasteiger partial charge >= 0.3 is 6.18 Å². The van der Waals surface area contributed by atoms with Gasteiger partial charge in [0.05, 0.1) is 11.0 Å². The fourth-order valence-corrected chi connectivity index (χ4v) is 8.10. The average Bonchev–Trinajstić information content (AvgIpc) is 3.81. The van der Waals surface area contributed by atoms with Crippen LogP contribution in [0, 0.1) is 31.3 Å². The van der Waals surface area contributed by atoms with Crippen molar-refractivity contribution in [3.8, 4) is 55.9 Å². The Bertz CT molecular complexity index is 3420. The Kier molecular flexibility index (Phi) is 9.19. The van der Waals surface area contributed by atoms with Gasteiger partial charge in [-0.25, -0.2) is 0 Å². The van der Waals surface area contributed by atoms with Crippen molar-refractivity contribution >= 4 is 21.9 Å². The first-order valence-corrected chi connectivity index (χ1v) is 20.1. The molecule has 317 valence electrons. The van der Waals surface area contributed by atoms with Gasteiger partial charge in [0, 0.05) is 54.3 Å². The largest absolute Gasteiger partial charge is 0.501 e. The van der Waals surface area contributed by atoms with E-state index in [9.17, 15) is 13.2 Å². The number of benzene rings is 6. The Hall–Kier alpha value is -6.14. The zero-order valence-electron chi connectivity index (χ0n) is 42.7. The fraction of sp³-hybridized carbons (Fsp3) is 0.179. The van der Waals surface area contributed by atoms with Crippen LogP contribution in [0.3, 0.4) is 0 Å². The van der Waals surface area contributed by atoms with Gasteiger partial charge in [-0.3, -0.25) is 0 Å². The average molecular weight is 1020 g/mol. The van der Waals surface area contributed by atoms with Gasteiger partial charge in [0.2, 0.25) is 0 Å². The minimum absolute atomic E-state index is 0. The molecule has 0 unspecified atom stereocenters.